The number of amides is 1. The first-order valence-corrected chi connectivity index (χ1v) is 14.5. The molecule has 222 valence electrons. The number of benzene rings is 1. The van der Waals surface area contributed by atoms with Gasteiger partial charge in [0.1, 0.15) is 12.2 Å². The van der Waals surface area contributed by atoms with Crippen LogP contribution in [0, 0.1) is 5.92 Å². The predicted octanol–water partition coefficient (Wildman–Crippen LogP) is 5.91. The molecule has 4 heterocycles. The van der Waals surface area contributed by atoms with Crippen molar-refractivity contribution >= 4 is 28.7 Å². The highest BCUT2D eigenvalue weighted by Gasteiger charge is 2.35. The molecule has 0 spiro atoms. The number of alkyl halides is 3. The monoisotopic (exact) mass is 580 g/mol. The van der Waals surface area contributed by atoms with Crippen LogP contribution in [0.15, 0.2) is 48.9 Å². The Morgan fingerprint density at radius 3 is 2.64 bits per heavy atom. The van der Waals surface area contributed by atoms with E-state index in [1.54, 1.807) is 6.20 Å². The smallest absolute Gasteiger partial charge is 0.340 e. The van der Waals surface area contributed by atoms with Crippen LogP contribution in [0.1, 0.15) is 50.6 Å². The molecule has 2 aliphatic rings. The normalized spacial score (nSPS) is 17.7. The van der Waals surface area contributed by atoms with E-state index in [9.17, 15) is 18.0 Å². The van der Waals surface area contributed by atoms with E-state index in [0.29, 0.717) is 24.9 Å². The fourth-order valence-corrected chi connectivity index (χ4v) is 6.07. The lowest BCUT2D eigenvalue weighted by atomic mass is 10.1. The molecule has 1 saturated heterocycles. The number of imidazole rings is 1. The van der Waals surface area contributed by atoms with Crippen LogP contribution < -0.4 is 5.32 Å². The molecule has 1 unspecified atom stereocenters. The highest BCUT2D eigenvalue weighted by atomic mass is 19.4. The Balaban J connectivity index is 1.08. The van der Waals surface area contributed by atoms with Gasteiger partial charge in [0.25, 0.3) is 0 Å². The van der Waals surface area contributed by atoms with Gasteiger partial charge in [0, 0.05) is 56.7 Å². The van der Waals surface area contributed by atoms with Gasteiger partial charge in [-0.25, -0.2) is 9.97 Å². The molecule has 1 aromatic carbocycles. The first kappa shape index (κ1) is 28.2. The molecule has 4 aromatic rings. The Morgan fingerprint density at radius 2 is 1.88 bits per heavy atom. The molecule has 2 fully saturated rings. The average molecular weight is 581 g/mol. The molecule has 0 bridgehead atoms. The van der Waals surface area contributed by atoms with Gasteiger partial charge < -0.3 is 15.2 Å². The molecular weight excluding hydrogens is 545 g/mol. The van der Waals surface area contributed by atoms with E-state index >= 15 is 0 Å². The number of pyridine rings is 1. The molecule has 1 aliphatic heterocycles. The minimum Gasteiger partial charge on any atom is -0.340 e. The maximum Gasteiger partial charge on any atom is 0.397 e. The van der Waals surface area contributed by atoms with Gasteiger partial charge in [0.05, 0.1) is 17.2 Å². The number of nitrogens with one attached hydrogen (secondary N) is 2. The van der Waals surface area contributed by atoms with Gasteiger partial charge in [0.15, 0.2) is 0 Å². The second-order valence-corrected chi connectivity index (χ2v) is 11.4. The van der Waals surface area contributed by atoms with Crippen LogP contribution in [-0.2, 0) is 11.3 Å². The number of hydrogen-bond donors (Lipinski definition) is 2. The Hall–Kier alpha value is -3.93. The first-order valence-electron chi connectivity index (χ1n) is 14.5. The number of halogens is 3. The molecule has 3 aromatic heterocycles. The zero-order chi connectivity index (χ0) is 29.3. The van der Waals surface area contributed by atoms with Crippen molar-refractivity contribution in [3.05, 3.63) is 54.5 Å². The molecule has 1 aliphatic carbocycles. The molecule has 6 rings (SSSR count). The van der Waals surface area contributed by atoms with Crippen LogP contribution in [0.5, 0.6) is 0 Å². The summed E-state index contributed by atoms with van der Waals surface area (Å²) in [5, 5.41) is 7.85. The van der Waals surface area contributed by atoms with Crippen molar-refractivity contribution in [2.24, 2.45) is 5.92 Å². The molecular formula is C30H35F3N8O. The second kappa shape index (κ2) is 11.7. The van der Waals surface area contributed by atoms with Gasteiger partial charge in [-0.3, -0.25) is 14.4 Å². The summed E-state index contributed by atoms with van der Waals surface area (Å²) < 4.78 is 39.9. The van der Waals surface area contributed by atoms with Crippen LogP contribution in [0.2, 0.25) is 0 Å². The minimum absolute atomic E-state index is 0.00114. The van der Waals surface area contributed by atoms with Gasteiger partial charge in [-0.15, -0.1) is 0 Å². The number of nitrogens with zero attached hydrogens (tertiary/aromatic N) is 6. The number of aromatic nitrogens is 5. The molecule has 1 amide bonds. The SMILES string of the molecule is CC(c1ccnc(Nc2nc3ccc(-c4cnn(CC5CCCC5)c4)cc3[nH]2)c1)N1CCN(C(=O)CC(F)(F)F)CC1. The highest BCUT2D eigenvalue weighted by Crippen LogP contribution is 2.29. The van der Waals surface area contributed by atoms with Crippen LogP contribution >= 0.6 is 0 Å². The number of hydrogen-bond acceptors (Lipinski definition) is 6. The van der Waals surface area contributed by atoms with Crippen LogP contribution in [0.3, 0.4) is 0 Å². The zero-order valence-corrected chi connectivity index (χ0v) is 23.6. The van der Waals surface area contributed by atoms with Crippen molar-refractivity contribution in [2.45, 2.75) is 57.8 Å². The lowest BCUT2D eigenvalue weighted by Crippen LogP contribution is -2.50. The van der Waals surface area contributed by atoms with E-state index in [0.717, 1.165) is 40.2 Å². The van der Waals surface area contributed by atoms with Crippen LogP contribution in [-0.4, -0.2) is 72.8 Å². The molecule has 1 saturated carbocycles. The maximum absolute atomic E-state index is 12.6. The third-order valence-corrected chi connectivity index (χ3v) is 8.45. The fourth-order valence-electron chi connectivity index (χ4n) is 6.07. The Kier molecular flexibility index (Phi) is 7.89. The second-order valence-electron chi connectivity index (χ2n) is 11.4. The van der Waals surface area contributed by atoms with Gasteiger partial charge in [-0.1, -0.05) is 18.9 Å². The van der Waals surface area contributed by atoms with Crippen molar-refractivity contribution in [3.8, 4) is 11.1 Å². The molecule has 9 nitrogen and oxygen atoms in total. The largest absolute Gasteiger partial charge is 0.397 e. The summed E-state index contributed by atoms with van der Waals surface area (Å²) in [6.07, 6.45) is 5.09. The Morgan fingerprint density at radius 1 is 1.10 bits per heavy atom. The van der Waals surface area contributed by atoms with Gasteiger partial charge in [0.2, 0.25) is 11.9 Å². The fraction of sp³-hybridized carbons (Fsp3) is 0.467. The Labute approximate surface area is 242 Å². The number of carbonyl (C=O) groups is 1. The standard InChI is InChI=1S/C30H35F3N8O/c1-20(39-10-12-40(13-11-39)28(42)16-30(31,32)33)22-8-9-34-27(15-22)38-29-36-25-7-6-23(14-26(25)37-29)24-17-35-41(19-24)18-21-4-2-3-5-21/h6-9,14-15,17,19-21H,2-5,10-13,16,18H2,1H3,(H2,34,36,37,38). The highest BCUT2D eigenvalue weighted by molar-refractivity contribution is 5.83. The topological polar surface area (TPSA) is 95.0 Å². The Bertz CT molecular complexity index is 1530. The maximum atomic E-state index is 12.6. The van der Waals surface area contributed by atoms with Crippen LogP contribution in [0.4, 0.5) is 24.9 Å². The van der Waals surface area contributed by atoms with Gasteiger partial charge in [-0.05, 0) is 61.1 Å². The summed E-state index contributed by atoms with van der Waals surface area (Å²) >= 11 is 0. The third kappa shape index (κ3) is 6.59. The summed E-state index contributed by atoms with van der Waals surface area (Å²) in [6, 6.07) is 10.0. The number of anilines is 2. The zero-order valence-electron chi connectivity index (χ0n) is 23.6. The molecule has 0 radical (unpaired) electrons. The van der Waals surface area contributed by atoms with E-state index in [1.165, 1.54) is 30.6 Å². The number of H-pyrrole nitrogens is 1. The number of fused-ring (bicyclic) bond motifs is 1. The summed E-state index contributed by atoms with van der Waals surface area (Å²) in [6.45, 7) is 4.58. The van der Waals surface area contributed by atoms with Crippen LogP contribution in [0.25, 0.3) is 22.2 Å². The molecule has 12 heteroatoms. The minimum atomic E-state index is -4.48. The number of aromatic amines is 1. The summed E-state index contributed by atoms with van der Waals surface area (Å²) in [5.74, 6) is 1.07. The van der Waals surface area contributed by atoms with E-state index in [-0.39, 0.29) is 19.1 Å². The predicted molar refractivity (Wildman–Crippen MR) is 154 cm³/mol. The lowest BCUT2D eigenvalue weighted by molar-refractivity contribution is -0.162. The van der Waals surface area contributed by atoms with E-state index in [1.807, 2.05) is 31.3 Å². The first-order chi connectivity index (χ1) is 20.2. The summed E-state index contributed by atoms with van der Waals surface area (Å²) in [4.78, 5) is 27.9. The summed E-state index contributed by atoms with van der Waals surface area (Å²) in [5.41, 5.74) is 4.90. The molecule has 1 atom stereocenters. The number of rotatable bonds is 8. The summed E-state index contributed by atoms with van der Waals surface area (Å²) in [7, 11) is 0. The van der Waals surface area contributed by atoms with Crippen molar-refractivity contribution in [1.82, 2.24) is 34.5 Å². The quantitative estimate of drug-likeness (QED) is 0.269. The van der Waals surface area contributed by atoms with E-state index in [2.05, 4.69) is 53.3 Å². The van der Waals surface area contributed by atoms with E-state index < -0.39 is 18.5 Å². The van der Waals surface area contributed by atoms with Crippen molar-refractivity contribution in [2.75, 3.05) is 31.5 Å². The van der Waals surface area contributed by atoms with Gasteiger partial charge in [-0.2, -0.15) is 18.3 Å². The molecule has 2 N–H and O–H groups in total. The van der Waals surface area contributed by atoms with E-state index in [4.69, 9.17) is 0 Å². The third-order valence-electron chi connectivity index (χ3n) is 8.45. The number of piperazine rings is 1. The average Bonchev–Trinajstić information content (AvgIpc) is 3.73. The van der Waals surface area contributed by atoms with Gasteiger partial charge >= 0.3 is 6.18 Å². The van der Waals surface area contributed by atoms with Crippen molar-refractivity contribution in [1.29, 1.82) is 0 Å². The van der Waals surface area contributed by atoms with Crippen molar-refractivity contribution in [3.63, 3.8) is 0 Å². The molecule has 42 heavy (non-hydrogen) atoms. The van der Waals surface area contributed by atoms with Crippen molar-refractivity contribution < 1.29 is 18.0 Å². The number of carbonyl (C=O) groups excluding carboxylic acids is 1. The lowest BCUT2D eigenvalue weighted by Gasteiger charge is -2.38.